The van der Waals surface area contributed by atoms with Crippen molar-refractivity contribution in [2.75, 3.05) is 14.1 Å². The number of benzene rings is 2. The van der Waals surface area contributed by atoms with E-state index in [1.807, 2.05) is 54.8 Å². The summed E-state index contributed by atoms with van der Waals surface area (Å²) >= 11 is 5.49. The van der Waals surface area contributed by atoms with Crippen LogP contribution in [0.25, 0.3) is 22.5 Å². The molecule has 0 atom stereocenters. The van der Waals surface area contributed by atoms with E-state index in [1.54, 1.807) is 0 Å². The molecule has 0 N–H and O–H groups in total. The van der Waals surface area contributed by atoms with Crippen molar-refractivity contribution in [1.82, 2.24) is 35.1 Å². The molecule has 4 rings (SSSR count). The van der Waals surface area contributed by atoms with Crippen LogP contribution in [0.3, 0.4) is 0 Å². The second-order valence-corrected chi connectivity index (χ2v) is 9.47. The fourth-order valence-electron chi connectivity index (χ4n) is 4.11. The van der Waals surface area contributed by atoms with Crippen molar-refractivity contribution in [1.29, 1.82) is 0 Å². The zero-order chi connectivity index (χ0) is 25.7. The van der Waals surface area contributed by atoms with E-state index < -0.39 is 0 Å². The van der Waals surface area contributed by atoms with Gasteiger partial charge in [0.25, 0.3) is 5.56 Å². The molecule has 8 nitrogen and oxygen atoms in total. The molecule has 0 bridgehead atoms. The number of likely N-dealkylation sites (N-methyl/N-ethyl adjacent to an activating group) is 1. The van der Waals surface area contributed by atoms with Crippen LogP contribution in [0.15, 0.2) is 53.3 Å². The third-order valence-electron chi connectivity index (χ3n) is 6.22. The van der Waals surface area contributed by atoms with Crippen LogP contribution in [0.5, 0.6) is 0 Å². The van der Waals surface area contributed by atoms with E-state index in [1.165, 1.54) is 0 Å². The third-order valence-corrected chi connectivity index (χ3v) is 6.73. The second kappa shape index (κ2) is 13.6. The fraction of sp³-hybridized carbons (Fsp3) is 0.333. The van der Waals surface area contributed by atoms with Gasteiger partial charge in [-0.15, -0.1) is 0 Å². The molecule has 0 aliphatic carbocycles. The van der Waals surface area contributed by atoms with Crippen molar-refractivity contribution in [3.63, 3.8) is 0 Å². The van der Waals surface area contributed by atoms with Gasteiger partial charge in [-0.1, -0.05) is 74.1 Å². The summed E-state index contributed by atoms with van der Waals surface area (Å²) in [6.45, 7) is 4.50. The van der Waals surface area contributed by atoms with Crippen molar-refractivity contribution in [3.05, 3.63) is 81.5 Å². The summed E-state index contributed by atoms with van der Waals surface area (Å²) < 4.78 is 1.81. The van der Waals surface area contributed by atoms with E-state index in [0.29, 0.717) is 29.3 Å². The van der Waals surface area contributed by atoms with Crippen LogP contribution < -0.4 is 62.0 Å². The van der Waals surface area contributed by atoms with Crippen molar-refractivity contribution in [2.24, 2.45) is 0 Å². The van der Waals surface area contributed by atoms with Gasteiger partial charge in [0, 0.05) is 44.0 Å². The standard InChI is InChI=1S/C27H30N7OS.K/c1-5-6-11-24-28-18(2)23(16-25(36)33(3)4)27(35)34(24)17-19-12-14-20(15-13-19)21-9-7-8-10-22(21)26-29-31-32-30-26;/h7-10,12-15H,5-6,11,16-17H2,1-4H3;/q-1;+1. The monoisotopic (exact) mass is 539 g/mol. The number of rotatable bonds is 9. The van der Waals surface area contributed by atoms with Crippen molar-refractivity contribution < 1.29 is 51.4 Å². The molecule has 0 radical (unpaired) electrons. The molecule has 0 unspecified atom stereocenters. The summed E-state index contributed by atoms with van der Waals surface area (Å²) in [5, 5.41) is 15.2. The van der Waals surface area contributed by atoms with Crippen molar-refractivity contribution in [2.45, 2.75) is 46.1 Å². The Balaban J connectivity index is 0.00000380. The van der Waals surface area contributed by atoms with Crippen LogP contribution >= 0.6 is 12.2 Å². The molecular weight excluding hydrogens is 510 g/mol. The quantitative estimate of drug-likeness (QED) is 0.229. The molecule has 4 aromatic rings. The van der Waals surface area contributed by atoms with Gasteiger partial charge in [0.05, 0.1) is 11.5 Å². The molecule has 0 spiro atoms. The average Bonchev–Trinajstić information content (AvgIpc) is 3.42. The van der Waals surface area contributed by atoms with Crippen LogP contribution in [0.4, 0.5) is 0 Å². The number of thiocarbonyl (C=S) groups is 1. The Kier molecular flexibility index (Phi) is 10.9. The molecule has 0 saturated carbocycles. The van der Waals surface area contributed by atoms with E-state index in [-0.39, 0.29) is 56.9 Å². The summed E-state index contributed by atoms with van der Waals surface area (Å²) in [7, 11) is 3.80. The predicted octanol–water partition coefficient (Wildman–Crippen LogP) is 0.854. The molecule has 186 valence electrons. The number of nitrogens with zero attached hydrogens (tertiary/aromatic N) is 7. The second-order valence-electron chi connectivity index (χ2n) is 9.00. The molecule has 2 aromatic heterocycles. The van der Waals surface area contributed by atoms with E-state index in [2.05, 4.69) is 51.8 Å². The van der Waals surface area contributed by atoms with Gasteiger partial charge in [0.1, 0.15) is 5.82 Å². The maximum atomic E-state index is 13.6. The van der Waals surface area contributed by atoms with E-state index in [4.69, 9.17) is 17.2 Å². The number of aryl methyl sites for hydroxylation is 2. The molecule has 2 heterocycles. The van der Waals surface area contributed by atoms with Crippen molar-refractivity contribution >= 4 is 17.2 Å². The van der Waals surface area contributed by atoms with Crippen LogP contribution in [0, 0.1) is 6.92 Å². The van der Waals surface area contributed by atoms with Gasteiger partial charge in [0.2, 0.25) is 0 Å². The Hall–Kier alpha value is -2.08. The number of hydrogen-bond donors (Lipinski definition) is 0. The zero-order valence-corrected chi connectivity index (χ0v) is 26.0. The summed E-state index contributed by atoms with van der Waals surface area (Å²) in [6.07, 6.45) is 3.19. The predicted molar refractivity (Wildman–Crippen MR) is 145 cm³/mol. The van der Waals surface area contributed by atoms with Gasteiger partial charge < -0.3 is 10.00 Å². The largest absolute Gasteiger partial charge is 1.00 e. The van der Waals surface area contributed by atoms with E-state index in [9.17, 15) is 4.79 Å². The van der Waals surface area contributed by atoms with Crippen LogP contribution in [-0.2, 0) is 19.4 Å². The van der Waals surface area contributed by atoms with Gasteiger partial charge in [0.15, 0.2) is 0 Å². The first-order chi connectivity index (χ1) is 17.4. The first-order valence-electron chi connectivity index (χ1n) is 12.1. The van der Waals surface area contributed by atoms with Crippen LogP contribution in [0.2, 0.25) is 0 Å². The molecule has 0 aliphatic rings. The Bertz CT molecular complexity index is 1400. The van der Waals surface area contributed by atoms with Gasteiger partial charge in [-0.25, -0.2) is 4.98 Å². The summed E-state index contributed by atoms with van der Waals surface area (Å²) in [5.74, 6) is 1.32. The normalized spacial score (nSPS) is 10.7. The molecule has 10 heteroatoms. The number of tetrazole rings is 1. The number of unbranched alkanes of at least 4 members (excludes halogenated alkanes) is 1. The maximum Gasteiger partial charge on any atom is 1.00 e. The fourth-order valence-corrected chi connectivity index (χ4v) is 4.26. The minimum absolute atomic E-state index is 0. The molecule has 0 fully saturated rings. The smallest absolute Gasteiger partial charge is 0.372 e. The molecule has 0 amide bonds. The Labute approximate surface area is 265 Å². The van der Waals surface area contributed by atoms with E-state index >= 15 is 0 Å². The van der Waals surface area contributed by atoms with Gasteiger partial charge >= 0.3 is 51.4 Å². The Morgan fingerprint density at radius 3 is 2.41 bits per heavy atom. The molecule has 0 saturated heterocycles. The molecule has 2 aromatic carbocycles. The Morgan fingerprint density at radius 2 is 1.78 bits per heavy atom. The minimum Gasteiger partial charge on any atom is -0.372 e. The zero-order valence-electron chi connectivity index (χ0n) is 22.1. The molecule has 0 aliphatic heterocycles. The van der Waals surface area contributed by atoms with Crippen LogP contribution in [-0.4, -0.2) is 49.1 Å². The number of aromatic nitrogens is 6. The summed E-state index contributed by atoms with van der Waals surface area (Å²) in [6, 6.07) is 16.1. The SMILES string of the molecule is CCCCc1nc(C)c(CC(=S)N(C)C)c(=O)n1Cc1ccc(-c2ccccc2-c2nnn[n-]2)cc1.[K+]. The van der Waals surface area contributed by atoms with Gasteiger partial charge in [-0.2, -0.15) is 5.21 Å². The molecular formula is C27H30KN7OS. The minimum atomic E-state index is -0.0134. The first kappa shape index (κ1) is 29.5. The van der Waals surface area contributed by atoms with Gasteiger partial charge in [-0.05, 0) is 35.6 Å². The van der Waals surface area contributed by atoms with Crippen molar-refractivity contribution in [3.8, 4) is 22.5 Å². The van der Waals surface area contributed by atoms with E-state index in [0.717, 1.165) is 53.0 Å². The summed E-state index contributed by atoms with van der Waals surface area (Å²) in [5.41, 5.74) is 5.33. The maximum absolute atomic E-state index is 13.6. The average molecular weight is 540 g/mol. The summed E-state index contributed by atoms with van der Waals surface area (Å²) in [4.78, 5) is 21.0. The third kappa shape index (κ3) is 7.07. The Morgan fingerprint density at radius 1 is 1.08 bits per heavy atom. The van der Waals surface area contributed by atoms with Crippen LogP contribution in [0.1, 0.15) is 42.4 Å². The molecule has 37 heavy (non-hydrogen) atoms. The number of hydrogen-bond acceptors (Lipinski definition) is 6. The first-order valence-corrected chi connectivity index (χ1v) is 12.5. The van der Waals surface area contributed by atoms with Gasteiger partial charge in [-0.3, -0.25) is 19.7 Å². The topological polar surface area (TPSA) is 90.9 Å².